The summed E-state index contributed by atoms with van der Waals surface area (Å²) in [6.45, 7) is 5.97. The lowest BCUT2D eigenvalue weighted by molar-refractivity contribution is -0.385. The SMILES string of the molecule is CCCC[C@@H](c1cc([N+](=O)[O-])ccc1Cl)N1CCNCC1.Cl.Cl. The highest BCUT2D eigenvalue weighted by Gasteiger charge is 2.25. The molecule has 0 aromatic heterocycles. The first-order chi connectivity index (χ1) is 10.1. The van der Waals surface area contributed by atoms with E-state index < -0.39 is 0 Å². The monoisotopic (exact) mass is 383 g/mol. The molecule has 0 unspecified atom stereocenters. The maximum atomic E-state index is 11.0. The van der Waals surface area contributed by atoms with Crippen LogP contribution in [-0.4, -0.2) is 36.0 Å². The molecule has 1 aliphatic rings. The van der Waals surface area contributed by atoms with Crippen LogP contribution in [0.2, 0.25) is 5.02 Å². The zero-order valence-corrected chi connectivity index (χ0v) is 15.6. The fourth-order valence-corrected chi connectivity index (χ4v) is 3.07. The van der Waals surface area contributed by atoms with Crippen LogP contribution < -0.4 is 5.32 Å². The van der Waals surface area contributed by atoms with Crippen molar-refractivity contribution in [2.75, 3.05) is 26.2 Å². The smallest absolute Gasteiger partial charge is 0.269 e. The fourth-order valence-electron chi connectivity index (χ4n) is 2.83. The van der Waals surface area contributed by atoms with E-state index in [0.29, 0.717) is 5.02 Å². The normalized spacial score (nSPS) is 16.1. The summed E-state index contributed by atoms with van der Waals surface area (Å²) in [5.41, 5.74) is 1.01. The number of non-ortho nitro benzene ring substituents is 1. The van der Waals surface area contributed by atoms with Crippen molar-refractivity contribution < 1.29 is 4.92 Å². The Bertz CT molecular complexity index is 497. The average Bonchev–Trinajstić information content (AvgIpc) is 2.50. The summed E-state index contributed by atoms with van der Waals surface area (Å²) in [6, 6.07) is 4.93. The van der Waals surface area contributed by atoms with Gasteiger partial charge in [0.25, 0.3) is 5.69 Å². The number of unbranched alkanes of at least 4 members (excludes halogenated alkanes) is 1. The third kappa shape index (κ3) is 6.08. The van der Waals surface area contributed by atoms with Gasteiger partial charge in [-0.3, -0.25) is 15.0 Å². The summed E-state index contributed by atoms with van der Waals surface area (Å²) in [5, 5.41) is 15.0. The second-order valence-corrected chi connectivity index (χ2v) is 5.81. The van der Waals surface area contributed by atoms with Crippen LogP contribution in [0.15, 0.2) is 18.2 Å². The van der Waals surface area contributed by atoms with Gasteiger partial charge in [0.1, 0.15) is 0 Å². The molecule has 1 aliphatic heterocycles. The van der Waals surface area contributed by atoms with Crippen molar-refractivity contribution in [1.29, 1.82) is 0 Å². The Balaban J connectivity index is 0.00000242. The first-order valence-corrected chi connectivity index (χ1v) is 7.90. The summed E-state index contributed by atoms with van der Waals surface area (Å²) in [5.74, 6) is 0. The molecule has 1 atom stereocenters. The van der Waals surface area contributed by atoms with Crippen molar-refractivity contribution in [3.63, 3.8) is 0 Å². The van der Waals surface area contributed by atoms with Gasteiger partial charge in [-0.2, -0.15) is 0 Å². The van der Waals surface area contributed by atoms with Gasteiger partial charge in [-0.1, -0.05) is 31.4 Å². The van der Waals surface area contributed by atoms with Gasteiger partial charge in [0.05, 0.1) is 4.92 Å². The first-order valence-electron chi connectivity index (χ1n) is 7.52. The molecule has 0 radical (unpaired) electrons. The molecule has 0 aliphatic carbocycles. The largest absolute Gasteiger partial charge is 0.314 e. The van der Waals surface area contributed by atoms with Gasteiger partial charge in [0, 0.05) is 49.4 Å². The first kappa shape index (κ1) is 22.4. The van der Waals surface area contributed by atoms with Gasteiger partial charge < -0.3 is 5.32 Å². The van der Waals surface area contributed by atoms with E-state index in [1.807, 2.05) is 0 Å². The number of hydrogen-bond acceptors (Lipinski definition) is 4. The molecule has 0 spiro atoms. The number of hydrogen-bond donors (Lipinski definition) is 1. The van der Waals surface area contributed by atoms with Gasteiger partial charge in [-0.25, -0.2) is 0 Å². The number of halogens is 3. The summed E-state index contributed by atoms with van der Waals surface area (Å²) in [4.78, 5) is 13.0. The van der Waals surface area contributed by atoms with Crippen LogP contribution >= 0.6 is 36.4 Å². The Morgan fingerprint density at radius 3 is 2.57 bits per heavy atom. The predicted octanol–water partition coefficient (Wildman–Crippen LogP) is 4.23. The van der Waals surface area contributed by atoms with E-state index in [-0.39, 0.29) is 41.5 Å². The highest BCUT2D eigenvalue weighted by molar-refractivity contribution is 6.31. The molecule has 0 amide bonds. The Morgan fingerprint density at radius 2 is 2.00 bits per heavy atom. The van der Waals surface area contributed by atoms with Gasteiger partial charge in [-0.15, -0.1) is 24.8 Å². The van der Waals surface area contributed by atoms with E-state index in [1.54, 1.807) is 12.1 Å². The number of piperazine rings is 1. The summed E-state index contributed by atoms with van der Waals surface area (Å²) >= 11 is 6.33. The minimum Gasteiger partial charge on any atom is -0.314 e. The Morgan fingerprint density at radius 1 is 1.35 bits per heavy atom. The minimum atomic E-state index is -0.353. The third-order valence-corrected chi connectivity index (χ3v) is 4.32. The van der Waals surface area contributed by atoms with E-state index in [4.69, 9.17) is 11.6 Å². The molecule has 0 bridgehead atoms. The standard InChI is InChI=1S/C15H22ClN3O2.2ClH/c1-2-3-4-15(18-9-7-17-8-10-18)13-11-12(19(20)21)5-6-14(13)16;;/h5-6,11,15,17H,2-4,7-10H2,1H3;2*1H/t15-;;/m0../s1. The highest BCUT2D eigenvalue weighted by atomic mass is 35.5. The van der Waals surface area contributed by atoms with E-state index in [2.05, 4.69) is 17.1 Å². The van der Waals surface area contributed by atoms with E-state index in [0.717, 1.165) is 51.0 Å². The van der Waals surface area contributed by atoms with Gasteiger partial charge in [0.2, 0.25) is 0 Å². The Kier molecular flexibility index (Phi) is 10.8. The lowest BCUT2D eigenvalue weighted by Gasteiger charge is -2.35. The van der Waals surface area contributed by atoms with Crippen molar-refractivity contribution in [2.45, 2.75) is 32.2 Å². The minimum absolute atomic E-state index is 0. The van der Waals surface area contributed by atoms with Crippen LogP contribution in [0.5, 0.6) is 0 Å². The number of nitrogens with zero attached hydrogens (tertiary/aromatic N) is 2. The zero-order valence-electron chi connectivity index (χ0n) is 13.2. The fraction of sp³-hybridized carbons (Fsp3) is 0.600. The summed E-state index contributed by atoms with van der Waals surface area (Å²) < 4.78 is 0. The molecule has 0 saturated carbocycles. The Labute approximate surface area is 154 Å². The van der Waals surface area contributed by atoms with Gasteiger partial charge in [0.15, 0.2) is 0 Å². The second-order valence-electron chi connectivity index (χ2n) is 5.41. The third-order valence-electron chi connectivity index (χ3n) is 3.97. The average molecular weight is 385 g/mol. The molecule has 2 rings (SSSR count). The van der Waals surface area contributed by atoms with Crippen LogP contribution in [0.3, 0.4) is 0 Å². The van der Waals surface area contributed by atoms with E-state index in [1.165, 1.54) is 6.07 Å². The lowest BCUT2D eigenvalue weighted by atomic mass is 9.98. The van der Waals surface area contributed by atoms with Crippen molar-refractivity contribution >= 4 is 42.1 Å². The van der Waals surface area contributed by atoms with Crippen LogP contribution in [0.4, 0.5) is 5.69 Å². The second kappa shape index (κ2) is 11.0. The van der Waals surface area contributed by atoms with Crippen LogP contribution in [-0.2, 0) is 0 Å². The number of nitro groups is 1. The molecule has 1 heterocycles. The molecule has 23 heavy (non-hydrogen) atoms. The molecule has 1 aromatic carbocycles. The molecule has 132 valence electrons. The summed E-state index contributed by atoms with van der Waals surface area (Å²) in [7, 11) is 0. The maximum absolute atomic E-state index is 11.0. The van der Waals surface area contributed by atoms with E-state index >= 15 is 0 Å². The molecular weight excluding hydrogens is 361 g/mol. The quantitative estimate of drug-likeness (QED) is 0.589. The highest BCUT2D eigenvalue weighted by Crippen LogP contribution is 2.34. The molecule has 1 fully saturated rings. The zero-order chi connectivity index (χ0) is 15.2. The van der Waals surface area contributed by atoms with Gasteiger partial charge >= 0.3 is 0 Å². The molecule has 1 saturated heterocycles. The Hall–Kier alpha value is -0.590. The topological polar surface area (TPSA) is 58.4 Å². The van der Waals surface area contributed by atoms with Crippen molar-refractivity contribution in [3.8, 4) is 0 Å². The molecule has 1 N–H and O–H groups in total. The molecule has 5 nitrogen and oxygen atoms in total. The number of nitro benzene ring substituents is 1. The predicted molar refractivity (Wildman–Crippen MR) is 99.3 cm³/mol. The van der Waals surface area contributed by atoms with Crippen LogP contribution in [0.1, 0.15) is 37.8 Å². The van der Waals surface area contributed by atoms with Crippen molar-refractivity contribution in [2.24, 2.45) is 0 Å². The van der Waals surface area contributed by atoms with Crippen molar-refractivity contribution in [1.82, 2.24) is 10.2 Å². The number of nitrogens with one attached hydrogen (secondary N) is 1. The number of rotatable bonds is 6. The van der Waals surface area contributed by atoms with Crippen molar-refractivity contribution in [3.05, 3.63) is 38.9 Å². The van der Waals surface area contributed by atoms with E-state index in [9.17, 15) is 10.1 Å². The molecular formula is C15H24Cl3N3O2. The molecule has 1 aromatic rings. The molecule has 8 heteroatoms. The lowest BCUT2D eigenvalue weighted by Crippen LogP contribution is -2.45. The van der Waals surface area contributed by atoms with Crippen LogP contribution in [0.25, 0.3) is 0 Å². The maximum Gasteiger partial charge on any atom is 0.269 e. The van der Waals surface area contributed by atoms with Crippen LogP contribution in [0, 0.1) is 10.1 Å². The van der Waals surface area contributed by atoms with Gasteiger partial charge in [-0.05, 0) is 18.1 Å². The number of benzene rings is 1. The summed E-state index contributed by atoms with van der Waals surface area (Å²) in [6.07, 6.45) is 3.18.